The maximum absolute atomic E-state index is 11.9. The molecule has 27 heavy (non-hydrogen) atoms. The molecule has 0 aliphatic rings. The molecule has 0 aliphatic heterocycles. The number of ether oxygens (including phenoxy) is 1. The van der Waals surface area contributed by atoms with Crippen molar-refractivity contribution in [2.75, 3.05) is 13.2 Å². The zero-order valence-electron chi connectivity index (χ0n) is 13.4. The number of aromatic nitrogens is 2. The van der Waals surface area contributed by atoms with Gasteiger partial charge in [-0.15, -0.1) is 0 Å². The first-order chi connectivity index (χ1) is 12.7. The number of amides is 3. The molecule has 8 nitrogen and oxygen atoms in total. The highest BCUT2D eigenvalue weighted by atomic mass is 35.5. The molecule has 0 radical (unpaired) electrons. The monoisotopic (exact) mass is 404 g/mol. The molecule has 0 aliphatic carbocycles. The summed E-state index contributed by atoms with van der Waals surface area (Å²) in [5.74, 6) is -2.02. The number of nitrogens with zero attached hydrogens (tertiary/aromatic N) is 2. The average molecular weight is 405 g/mol. The van der Waals surface area contributed by atoms with Gasteiger partial charge in [-0.2, -0.15) is 13.2 Å². The van der Waals surface area contributed by atoms with E-state index in [1.807, 2.05) is 0 Å². The number of esters is 1. The second kappa shape index (κ2) is 8.54. The second-order valence-electron chi connectivity index (χ2n) is 5.00. The topological polar surface area (TPSA) is 102 Å². The summed E-state index contributed by atoms with van der Waals surface area (Å²) < 4.78 is 41.9. The summed E-state index contributed by atoms with van der Waals surface area (Å²) in [4.78, 5) is 38.1. The van der Waals surface area contributed by atoms with E-state index in [1.165, 1.54) is 11.4 Å². The van der Waals surface area contributed by atoms with Crippen LogP contribution < -0.4 is 10.6 Å². The van der Waals surface area contributed by atoms with E-state index >= 15 is 0 Å². The predicted octanol–water partition coefficient (Wildman–Crippen LogP) is 1.93. The van der Waals surface area contributed by atoms with Gasteiger partial charge in [0, 0.05) is 12.3 Å². The number of alkyl halides is 3. The number of imidazole rings is 1. The molecular weight excluding hydrogens is 393 g/mol. The molecule has 0 atom stereocenters. The van der Waals surface area contributed by atoms with Gasteiger partial charge in [0.25, 0.3) is 5.91 Å². The van der Waals surface area contributed by atoms with Gasteiger partial charge >= 0.3 is 18.2 Å². The summed E-state index contributed by atoms with van der Waals surface area (Å²) in [6, 6.07) is 3.83. The lowest BCUT2D eigenvalue weighted by Crippen LogP contribution is -2.44. The van der Waals surface area contributed by atoms with Crippen LogP contribution in [0.1, 0.15) is 5.69 Å². The van der Waals surface area contributed by atoms with Gasteiger partial charge in [-0.05, 0) is 18.2 Å². The highest BCUT2D eigenvalue weighted by Crippen LogP contribution is 2.18. The third kappa shape index (κ3) is 6.29. The van der Waals surface area contributed by atoms with Crippen LogP contribution in [0.4, 0.5) is 18.0 Å². The summed E-state index contributed by atoms with van der Waals surface area (Å²) in [5.41, 5.74) is 0.958. The number of rotatable bonds is 5. The maximum Gasteiger partial charge on any atom is 0.405 e. The van der Waals surface area contributed by atoms with Gasteiger partial charge in [-0.3, -0.25) is 14.5 Å². The van der Waals surface area contributed by atoms with Gasteiger partial charge < -0.3 is 10.1 Å². The van der Waals surface area contributed by atoms with Crippen molar-refractivity contribution in [3.05, 3.63) is 41.3 Å². The summed E-state index contributed by atoms with van der Waals surface area (Å²) >= 11 is 5.97. The Hall–Kier alpha value is -3.08. The Morgan fingerprint density at radius 3 is 2.74 bits per heavy atom. The first-order valence-electron chi connectivity index (χ1n) is 7.27. The molecule has 0 saturated carbocycles. The minimum atomic E-state index is -4.61. The molecular formula is C15H12ClF3N4O4. The first-order valence-corrected chi connectivity index (χ1v) is 7.65. The summed E-state index contributed by atoms with van der Waals surface area (Å²) in [7, 11) is 0. The van der Waals surface area contributed by atoms with Gasteiger partial charge in [-0.25, -0.2) is 14.6 Å². The first kappa shape index (κ1) is 20.2. The number of pyridine rings is 1. The molecule has 2 rings (SSSR count). The van der Waals surface area contributed by atoms with E-state index in [9.17, 15) is 27.6 Å². The Morgan fingerprint density at radius 1 is 1.30 bits per heavy atom. The minimum absolute atomic E-state index is 0.143. The normalized spacial score (nSPS) is 11.6. The lowest BCUT2D eigenvalue weighted by molar-refractivity contribution is -0.143. The van der Waals surface area contributed by atoms with E-state index in [0.29, 0.717) is 11.3 Å². The smallest absolute Gasteiger partial charge is 0.405 e. The fourth-order valence-corrected chi connectivity index (χ4v) is 2.10. The Kier molecular flexibility index (Phi) is 6.40. The van der Waals surface area contributed by atoms with E-state index in [-0.39, 0.29) is 5.15 Å². The molecule has 144 valence electrons. The van der Waals surface area contributed by atoms with Crippen LogP contribution in [0, 0.1) is 0 Å². The number of urea groups is 1. The van der Waals surface area contributed by atoms with Crippen LogP contribution in [0.3, 0.4) is 0 Å². The van der Waals surface area contributed by atoms with Crippen molar-refractivity contribution in [1.82, 2.24) is 20.0 Å². The largest absolute Gasteiger partial charge is 0.452 e. The van der Waals surface area contributed by atoms with Gasteiger partial charge in [-0.1, -0.05) is 17.7 Å². The number of nitrogens with one attached hydrogen (secondary N) is 2. The van der Waals surface area contributed by atoms with Gasteiger partial charge in [0.2, 0.25) is 0 Å². The molecule has 0 saturated heterocycles. The van der Waals surface area contributed by atoms with Crippen LogP contribution >= 0.6 is 11.6 Å². The SMILES string of the molecule is O=C(COC(=O)/C=C/c1c(Cl)nc2ccccn12)NC(=O)NCC(F)(F)F. The fourth-order valence-electron chi connectivity index (χ4n) is 1.85. The van der Waals surface area contributed by atoms with E-state index in [2.05, 4.69) is 9.72 Å². The van der Waals surface area contributed by atoms with Crippen LogP contribution in [0.25, 0.3) is 11.7 Å². The zero-order valence-corrected chi connectivity index (χ0v) is 14.2. The molecule has 3 amide bonds. The number of imide groups is 1. The van der Waals surface area contributed by atoms with Crippen LogP contribution in [-0.2, 0) is 14.3 Å². The van der Waals surface area contributed by atoms with Crippen LogP contribution in [-0.4, -0.2) is 46.6 Å². The average Bonchev–Trinajstić information content (AvgIpc) is 2.91. The quantitative estimate of drug-likeness (QED) is 0.585. The van der Waals surface area contributed by atoms with Gasteiger partial charge in [0.15, 0.2) is 11.8 Å². The Balaban J connectivity index is 1.83. The molecule has 2 N–H and O–H groups in total. The molecule has 12 heteroatoms. The Labute approximate surface area is 154 Å². The zero-order chi connectivity index (χ0) is 20.0. The van der Waals surface area contributed by atoms with Gasteiger partial charge in [0.05, 0.1) is 5.69 Å². The summed E-state index contributed by atoms with van der Waals surface area (Å²) in [6.07, 6.45) is -0.638. The van der Waals surface area contributed by atoms with Crippen molar-refractivity contribution in [3.8, 4) is 0 Å². The molecule has 0 aromatic carbocycles. The van der Waals surface area contributed by atoms with E-state index in [4.69, 9.17) is 11.6 Å². The van der Waals surface area contributed by atoms with Crippen molar-refractivity contribution < 1.29 is 32.3 Å². The number of hydrogen-bond donors (Lipinski definition) is 2. The summed E-state index contributed by atoms with van der Waals surface area (Å²) in [6.45, 7) is -2.46. The van der Waals surface area contributed by atoms with Crippen molar-refractivity contribution in [2.24, 2.45) is 0 Å². The van der Waals surface area contributed by atoms with Crippen LogP contribution in [0.5, 0.6) is 0 Å². The fraction of sp³-hybridized carbons (Fsp3) is 0.200. The van der Waals surface area contributed by atoms with Crippen molar-refractivity contribution >= 4 is 41.2 Å². The highest BCUT2D eigenvalue weighted by molar-refractivity contribution is 6.31. The molecule has 2 aromatic heterocycles. The van der Waals surface area contributed by atoms with E-state index in [0.717, 1.165) is 6.08 Å². The number of carbonyl (C=O) groups excluding carboxylic acids is 3. The standard InChI is InChI=1S/C15H12ClF3N4O4/c16-13-9(23-6-2-1-3-10(23)21-13)4-5-12(25)27-7-11(24)22-14(26)20-8-15(17,18)19/h1-6H,7-8H2,(H2,20,22,24,26)/b5-4+. The highest BCUT2D eigenvalue weighted by Gasteiger charge is 2.28. The third-order valence-corrected chi connectivity index (χ3v) is 3.23. The van der Waals surface area contributed by atoms with E-state index < -0.39 is 37.2 Å². The molecule has 2 aromatic rings. The summed E-state index contributed by atoms with van der Waals surface area (Å²) in [5, 5.41) is 3.16. The lowest BCUT2D eigenvalue weighted by Gasteiger charge is -2.08. The Morgan fingerprint density at radius 2 is 2.04 bits per heavy atom. The minimum Gasteiger partial charge on any atom is -0.452 e. The maximum atomic E-state index is 11.9. The van der Waals surface area contributed by atoms with Gasteiger partial charge in [0.1, 0.15) is 12.2 Å². The van der Waals surface area contributed by atoms with Crippen LogP contribution in [0.15, 0.2) is 30.5 Å². The third-order valence-electron chi connectivity index (χ3n) is 2.95. The Bertz CT molecular complexity index is 895. The predicted molar refractivity (Wildman–Crippen MR) is 87.8 cm³/mol. The number of halogens is 4. The van der Waals surface area contributed by atoms with Crippen molar-refractivity contribution in [3.63, 3.8) is 0 Å². The number of fused-ring (bicyclic) bond motifs is 1. The molecule has 0 bridgehead atoms. The molecule has 0 fully saturated rings. The number of hydrogen-bond acceptors (Lipinski definition) is 5. The van der Waals surface area contributed by atoms with Crippen LogP contribution in [0.2, 0.25) is 5.15 Å². The number of carbonyl (C=O) groups is 3. The van der Waals surface area contributed by atoms with Crippen molar-refractivity contribution in [2.45, 2.75) is 6.18 Å². The van der Waals surface area contributed by atoms with E-state index in [1.54, 1.807) is 34.1 Å². The molecule has 0 unspecified atom stereocenters. The lowest BCUT2D eigenvalue weighted by atomic mass is 10.4. The molecule has 2 heterocycles. The molecule has 0 spiro atoms. The second-order valence-corrected chi connectivity index (χ2v) is 5.36. The van der Waals surface area contributed by atoms with Crippen molar-refractivity contribution in [1.29, 1.82) is 0 Å².